The lowest BCUT2D eigenvalue weighted by Gasteiger charge is -2.26. The Balaban J connectivity index is 2.11. The highest BCUT2D eigenvalue weighted by atomic mass is 35.5. The van der Waals surface area contributed by atoms with Gasteiger partial charge in [0.15, 0.2) is 5.11 Å². The van der Waals surface area contributed by atoms with Gasteiger partial charge < -0.3 is 15.5 Å². The van der Waals surface area contributed by atoms with Crippen LogP contribution in [0.1, 0.15) is 26.2 Å². The topological polar surface area (TPSA) is 66.0 Å². The summed E-state index contributed by atoms with van der Waals surface area (Å²) >= 11 is 11.0. The Hall–Kier alpha value is -1.21. The van der Waals surface area contributed by atoms with E-state index in [1.54, 1.807) is 0 Å². The third kappa shape index (κ3) is 4.14. The number of thiocarbonyl (C=S) groups is 1. The number of piperidine rings is 1. The number of halogens is 1. The van der Waals surface area contributed by atoms with Crippen molar-refractivity contribution >= 4 is 40.8 Å². The quantitative estimate of drug-likeness (QED) is 0.825. The molecule has 1 fully saturated rings. The van der Waals surface area contributed by atoms with Crippen LogP contribution < -0.4 is 15.5 Å². The standard InChI is InChI=1S/C11H17ClN6S/c1-2-13-11(19)17-9-14-8(12)15-10(16-9)18-6-4-3-5-7-18/h2-7H2,1H3,(H2,13,14,15,16,17,19). The van der Waals surface area contributed by atoms with Crippen molar-refractivity contribution in [1.29, 1.82) is 0 Å². The van der Waals surface area contributed by atoms with Crippen molar-refractivity contribution < 1.29 is 0 Å². The van der Waals surface area contributed by atoms with Gasteiger partial charge in [-0.15, -0.1) is 0 Å². The first-order valence-corrected chi connectivity index (χ1v) is 7.19. The molecule has 19 heavy (non-hydrogen) atoms. The molecule has 0 aliphatic carbocycles. The fourth-order valence-corrected chi connectivity index (χ4v) is 2.33. The van der Waals surface area contributed by atoms with E-state index in [9.17, 15) is 0 Å². The molecular weight excluding hydrogens is 284 g/mol. The molecule has 6 nitrogen and oxygen atoms in total. The van der Waals surface area contributed by atoms with Crippen LogP contribution in [0, 0.1) is 0 Å². The zero-order valence-corrected chi connectivity index (χ0v) is 12.4. The Morgan fingerprint density at radius 3 is 2.68 bits per heavy atom. The van der Waals surface area contributed by atoms with Gasteiger partial charge in [0.25, 0.3) is 0 Å². The summed E-state index contributed by atoms with van der Waals surface area (Å²) in [6.07, 6.45) is 3.56. The second kappa shape index (κ2) is 6.81. The molecule has 0 unspecified atom stereocenters. The van der Waals surface area contributed by atoms with E-state index in [0.29, 0.717) is 17.0 Å². The molecule has 8 heteroatoms. The predicted octanol–water partition coefficient (Wildman–Crippen LogP) is 1.82. The Morgan fingerprint density at radius 2 is 2.00 bits per heavy atom. The van der Waals surface area contributed by atoms with Gasteiger partial charge in [0.1, 0.15) is 0 Å². The minimum Gasteiger partial charge on any atom is -0.363 e. The maximum Gasteiger partial charge on any atom is 0.235 e. The lowest BCUT2D eigenvalue weighted by Crippen LogP contribution is -2.32. The first kappa shape index (κ1) is 14.2. The summed E-state index contributed by atoms with van der Waals surface area (Å²) < 4.78 is 0. The number of rotatable bonds is 3. The monoisotopic (exact) mass is 300 g/mol. The summed E-state index contributed by atoms with van der Waals surface area (Å²) in [6.45, 7) is 4.62. The number of anilines is 2. The SMILES string of the molecule is CCNC(=S)Nc1nc(Cl)nc(N2CCCCC2)n1. The molecule has 2 rings (SSSR count). The van der Waals surface area contributed by atoms with Crippen molar-refractivity contribution in [3.8, 4) is 0 Å². The predicted molar refractivity (Wildman–Crippen MR) is 80.8 cm³/mol. The van der Waals surface area contributed by atoms with Gasteiger partial charge in [-0.3, -0.25) is 0 Å². The van der Waals surface area contributed by atoms with Gasteiger partial charge >= 0.3 is 0 Å². The molecule has 0 spiro atoms. The molecule has 1 aromatic heterocycles. The molecule has 1 aliphatic heterocycles. The number of nitrogens with one attached hydrogen (secondary N) is 2. The van der Waals surface area contributed by atoms with Gasteiger partial charge in [-0.1, -0.05) is 0 Å². The van der Waals surface area contributed by atoms with Gasteiger partial charge in [-0.25, -0.2) is 0 Å². The van der Waals surface area contributed by atoms with Crippen LogP contribution in [0.25, 0.3) is 0 Å². The molecule has 0 radical (unpaired) electrons. The second-order valence-corrected chi connectivity index (χ2v) is 5.01. The van der Waals surface area contributed by atoms with Crippen LogP contribution in [0.15, 0.2) is 0 Å². The fourth-order valence-electron chi connectivity index (χ4n) is 1.94. The second-order valence-electron chi connectivity index (χ2n) is 4.26. The summed E-state index contributed by atoms with van der Waals surface area (Å²) in [7, 11) is 0. The molecule has 0 aromatic carbocycles. The van der Waals surface area contributed by atoms with Crippen LogP contribution >= 0.6 is 23.8 Å². The Kier molecular flexibility index (Phi) is 5.09. The molecule has 2 N–H and O–H groups in total. The van der Waals surface area contributed by atoms with E-state index in [2.05, 4.69) is 30.5 Å². The Morgan fingerprint density at radius 1 is 1.26 bits per heavy atom. The van der Waals surface area contributed by atoms with E-state index >= 15 is 0 Å². The lowest BCUT2D eigenvalue weighted by molar-refractivity contribution is 0.567. The number of nitrogens with zero attached hydrogens (tertiary/aromatic N) is 4. The fraction of sp³-hybridized carbons (Fsp3) is 0.636. The molecule has 0 amide bonds. The summed E-state index contributed by atoms with van der Waals surface area (Å²) in [5.41, 5.74) is 0. The van der Waals surface area contributed by atoms with Crippen molar-refractivity contribution in [2.45, 2.75) is 26.2 Å². The van der Waals surface area contributed by atoms with Gasteiger partial charge in [0.05, 0.1) is 0 Å². The van der Waals surface area contributed by atoms with E-state index < -0.39 is 0 Å². The van der Waals surface area contributed by atoms with Crippen LogP contribution in [0.3, 0.4) is 0 Å². The molecule has 1 saturated heterocycles. The summed E-state index contributed by atoms with van der Waals surface area (Å²) in [6, 6.07) is 0. The van der Waals surface area contributed by atoms with Gasteiger partial charge in [-0.2, -0.15) is 15.0 Å². The van der Waals surface area contributed by atoms with E-state index in [1.165, 1.54) is 6.42 Å². The van der Waals surface area contributed by atoms with E-state index in [0.717, 1.165) is 32.5 Å². The highest BCUT2D eigenvalue weighted by Crippen LogP contribution is 2.18. The molecule has 2 heterocycles. The smallest absolute Gasteiger partial charge is 0.235 e. The van der Waals surface area contributed by atoms with E-state index in [-0.39, 0.29) is 5.28 Å². The largest absolute Gasteiger partial charge is 0.363 e. The number of hydrogen-bond acceptors (Lipinski definition) is 5. The van der Waals surface area contributed by atoms with E-state index in [1.807, 2.05) is 6.92 Å². The molecule has 0 saturated carbocycles. The van der Waals surface area contributed by atoms with Crippen molar-refractivity contribution in [2.75, 3.05) is 29.9 Å². The molecular formula is C11H17ClN6S. The summed E-state index contributed by atoms with van der Waals surface area (Å²) in [5, 5.41) is 6.54. The highest BCUT2D eigenvalue weighted by Gasteiger charge is 2.15. The molecule has 104 valence electrons. The van der Waals surface area contributed by atoms with Crippen LogP contribution in [-0.2, 0) is 0 Å². The lowest BCUT2D eigenvalue weighted by atomic mass is 10.1. The maximum absolute atomic E-state index is 5.94. The minimum absolute atomic E-state index is 0.178. The van der Waals surface area contributed by atoms with Gasteiger partial charge in [-0.05, 0) is 50.0 Å². The highest BCUT2D eigenvalue weighted by molar-refractivity contribution is 7.80. The zero-order chi connectivity index (χ0) is 13.7. The molecule has 1 aromatic rings. The van der Waals surface area contributed by atoms with Crippen LogP contribution in [0.2, 0.25) is 5.28 Å². The molecule has 0 bridgehead atoms. The first-order chi connectivity index (χ1) is 9.19. The van der Waals surface area contributed by atoms with Crippen LogP contribution in [0.5, 0.6) is 0 Å². The van der Waals surface area contributed by atoms with Crippen molar-refractivity contribution in [3.63, 3.8) is 0 Å². The Labute approximate surface area is 123 Å². The summed E-state index contributed by atoms with van der Waals surface area (Å²) in [4.78, 5) is 14.7. The molecule has 0 atom stereocenters. The zero-order valence-electron chi connectivity index (χ0n) is 10.8. The van der Waals surface area contributed by atoms with Crippen molar-refractivity contribution in [1.82, 2.24) is 20.3 Å². The average molecular weight is 301 g/mol. The van der Waals surface area contributed by atoms with Crippen molar-refractivity contribution in [3.05, 3.63) is 5.28 Å². The first-order valence-electron chi connectivity index (χ1n) is 6.40. The van der Waals surface area contributed by atoms with Crippen LogP contribution in [-0.4, -0.2) is 39.7 Å². The normalized spacial score (nSPS) is 15.2. The van der Waals surface area contributed by atoms with Crippen molar-refractivity contribution in [2.24, 2.45) is 0 Å². The molecule has 1 aliphatic rings. The number of hydrogen-bond donors (Lipinski definition) is 2. The minimum atomic E-state index is 0.178. The van der Waals surface area contributed by atoms with Crippen LogP contribution in [0.4, 0.5) is 11.9 Å². The van der Waals surface area contributed by atoms with Gasteiger partial charge in [0, 0.05) is 19.6 Å². The maximum atomic E-state index is 5.94. The summed E-state index contributed by atoms with van der Waals surface area (Å²) in [5.74, 6) is 0.994. The van der Waals surface area contributed by atoms with Gasteiger partial charge in [0.2, 0.25) is 17.2 Å². The third-order valence-corrected chi connectivity index (χ3v) is 3.21. The Bertz CT molecular complexity index is 449. The third-order valence-electron chi connectivity index (χ3n) is 2.80. The number of aromatic nitrogens is 3. The average Bonchev–Trinajstić information content (AvgIpc) is 2.39. The van der Waals surface area contributed by atoms with E-state index in [4.69, 9.17) is 23.8 Å².